The lowest BCUT2D eigenvalue weighted by atomic mass is 9.97. The Labute approximate surface area is 172 Å². The zero-order chi connectivity index (χ0) is 20.2. The summed E-state index contributed by atoms with van der Waals surface area (Å²) < 4.78 is 5.64. The summed E-state index contributed by atoms with van der Waals surface area (Å²) >= 11 is 6.09. The summed E-state index contributed by atoms with van der Waals surface area (Å²) in [6.45, 7) is 0.576. The molecule has 0 atom stereocenters. The van der Waals surface area contributed by atoms with Gasteiger partial charge in [-0.1, -0.05) is 67.3 Å². The van der Waals surface area contributed by atoms with Crippen LogP contribution < -0.4 is 10.5 Å². The summed E-state index contributed by atoms with van der Waals surface area (Å²) in [4.78, 5) is 10.6. The van der Waals surface area contributed by atoms with Crippen molar-refractivity contribution in [1.82, 2.24) is 0 Å². The zero-order valence-electron chi connectivity index (χ0n) is 16.3. The third kappa shape index (κ3) is 8.77. The number of hydrogen-bond donors (Lipinski definition) is 2. The Balaban J connectivity index is 0.000000336. The molecular formula is C23H30ClNO3. The van der Waals surface area contributed by atoms with Crippen molar-refractivity contribution >= 4 is 17.6 Å². The van der Waals surface area contributed by atoms with Crippen LogP contribution in [0.15, 0.2) is 48.5 Å². The minimum absolute atomic E-state index is 0.0337. The molecule has 0 aromatic heterocycles. The van der Waals surface area contributed by atoms with Crippen LogP contribution in [0.25, 0.3) is 0 Å². The minimum Gasteiger partial charge on any atom is -0.492 e. The molecule has 28 heavy (non-hydrogen) atoms. The number of carboxylic acids is 1. The van der Waals surface area contributed by atoms with E-state index in [1.807, 2.05) is 18.2 Å². The fraction of sp³-hybridized carbons (Fsp3) is 0.435. The number of carboxylic acid groups (broad SMARTS) is 1. The molecule has 0 aliphatic heterocycles. The number of hydrogen-bond acceptors (Lipinski definition) is 3. The smallest absolute Gasteiger partial charge is 0.307 e. The van der Waals surface area contributed by atoms with Crippen LogP contribution in [0.5, 0.6) is 5.75 Å². The molecule has 0 spiro atoms. The monoisotopic (exact) mass is 403 g/mol. The van der Waals surface area contributed by atoms with Gasteiger partial charge in [-0.25, -0.2) is 0 Å². The lowest BCUT2D eigenvalue weighted by molar-refractivity contribution is -0.136. The van der Waals surface area contributed by atoms with Gasteiger partial charge in [-0.05, 0) is 48.9 Å². The van der Waals surface area contributed by atoms with Gasteiger partial charge in [0.15, 0.2) is 0 Å². The van der Waals surface area contributed by atoms with Gasteiger partial charge in [0, 0.05) is 6.04 Å². The molecule has 1 fully saturated rings. The molecule has 0 heterocycles. The number of aryl methyl sites for hydroxylation is 1. The predicted octanol–water partition coefficient (Wildman–Crippen LogP) is 5.26. The summed E-state index contributed by atoms with van der Waals surface area (Å²) in [5.41, 5.74) is 7.59. The third-order valence-electron chi connectivity index (χ3n) is 4.71. The Morgan fingerprint density at radius 1 is 1.07 bits per heavy atom. The van der Waals surface area contributed by atoms with Gasteiger partial charge in [0.05, 0.1) is 18.1 Å². The second kappa shape index (κ2) is 12.4. The zero-order valence-corrected chi connectivity index (χ0v) is 17.0. The number of halogens is 1. The molecule has 1 aliphatic rings. The van der Waals surface area contributed by atoms with Crippen molar-refractivity contribution in [3.05, 3.63) is 64.7 Å². The van der Waals surface area contributed by atoms with Crippen molar-refractivity contribution in [2.75, 3.05) is 6.61 Å². The molecular weight excluding hydrogens is 374 g/mol. The number of aliphatic carboxylic acids is 1. The van der Waals surface area contributed by atoms with Crippen LogP contribution in [-0.2, 0) is 17.6 Å². The maximum atomic E-state index is 10.6. The lowest BCUT2D eigenvalue weighted by Gasteiger charge is -2.15. The van der Waals surface area contributed by atoms with Gasteiger partial charge >= 0.3 is 5.97 Å². The highest BCUT2D eigenvalue weighted by atomic mass is 35.5. The normalized spacial score (nSPS) is 14.1. The second-order valence-corrected chi connectivity index (χ2v) is 7.58. The quantitative estimate of drug-likeness (QED) is 0.618. The van der Waals surface area contributed by atoms with Crippen molar-refractivity contribution in [2.24, 2.45) is 5.73 Å². The van der Waals surface area contributed by atoms with Crippen LogP contribution >= 0.6 is 11.6 Å². The van der Waals surface area contributed by atoms with E-state index in [0.29, 0.717) is 29.0 Å². The first kappa shape index (κ1) is 22.3. The molecule has 2 aromatic carbocycles. The summed E-state index contributed by atoms with van der Waals surface area (Å²) in [5, 5.41) is 9.19. The topological polar surface area (TPSA) is 72.6 Å². The summed E-state index contributed by atoms with van der Waals surface area (Å²) in [6, 6.07) is 15.9. The van der Waals surface area contributed by atoms with Gasteiger partial charge < -0.3 is 15.6 Å². The highest BCUT2D eigenvalue weighted by Gasteiger charge is 2.07. The molecule has 1 aliphatic carbocycles. The molecule has 1 saturated carbocycles. The molecule has 0 saturated heterocycles. The van der Waals surface area contributed by atoms with Crippen LogP contribution in [0, 0.1) is 0 Å². The number of rotatable bonds is 7. The van der Waals surface area contributed by atoms with Crippen LogP contribution in [0.1, 0.15) is 49.7 Å². The van der Waals surface area contributed by atoms with Crippen molar-refractivity contribution < 1.29 is 14.6 Å². The fourth-order valence-electron chi connectivity index (χ4n) is 3.18. The van der Waals surface area contributed by atoms with E-state index in [-0.39, 0.29) is 6.42 Å². The summed E-state index contributed by atoms with van der Waals surface area (Å²) in [5.74, 6) is -0.276. The fourth-order valence-corrected chi connectivity index (χ4v) is 3.44. The van der Waals surface area contributed by atoms with Gasteiger partial charge in [0.25, 0.3) is 0 Å². The minimum atomic E-state index is -0.873. The molecule has 3 N–H and O–H groups in total. The molecule has 2 aromatic rings. The highest BCUT2D eigenvalue weighted by Crippen LogP contribution is 2.26. The van der Waals surface area contributed by atoms with Crippen LogP contribution in [0.2, 0.25) is 5.02 Å². The van der Waals surface area contributed by atoms with Crippen molar-refractivity contribution in [3.63, 3.8) is 0 Å². The van der Waals surface area contributed by atoms with Gasteiger partial charge in [-0.3, -0.25) is 4.79 Å². The Hall–Kier alpha value is -2.04. The standard InChI is InChI=1S/C17H17ClO3.C6H13N/c18-15-11-14(12-17(19)20)8-9-16(15)21-10-4-7-13-5-2-1-3-6-13;7-6-4-2-1-3-5-6/h1-3,5-6,8-9,11H,4,7,10,12H2,(H,19,20);6H,1-5,7H2. The predicted molar refractivity (Wildman–Crippen MR) is 114 cm³/mol. The molecule has 152 valence electrons. The average molecular weight is 404 g/mol. The van der Waals surface area contributed by atoms with E-state index in [1.54, 1.807) is 18.2 Å². The molecule has 0 unspecified atom stereocenters. The first-order valence-corrected chi connectivity index (χ1v) is 10.3. The number of ether oxygens (including phenoxy) is 1. The van der Waals surface area contributed by atoms with Gasteiger partial charge in [-0.15, -0.1) is 0 Å². The van der Waals surface area contributed by atoms with Crippen molar-refractivity contribution in [1.29, 1.82) is 0 Å². The lowest BCUT2D eigenvalue weighted by Crippen LogP contribution is -2.22. The van der Waals surface area contributed by atoms with E-state index < -0.39 is 5.97 Å². The average Bonchev–Trinajstić information content (AvgIpc) is 2.68. The molecule has 3 rings (SSSR count). The van der Waals surface area contributed by atoms with E-state index in [1.165, 1.54) is 37.7 Å². The number of carbonyl (C=O) groups is 1. The number of nitrogens with two attached hydrogens (primary N) is 1. The van der Waals surface area contributed by atoms with E-state index in [2.05, 4.69) is 12.1 Å². The third-order valence-corrected chi connectivity index (χ3v) is 5.01. The first-order valence-electron chi connectivity index (χ1n) is 9.97. The van der Waals surface area contributed by atoms with Crippen LogP contribution in [0.4, 0.5) is 0 Å². The van der Waals surface area contributed by atoms with Crippen molar-refractivity contribution in [2.45, 2.75) is 57.4 Å². The highest BCUT2D eigenvalue weighted by molar-refractivity contribution is 6.32. The van der Waals surface area contributed by atoms with Crippen molar-refractivity contribution in [3.8, 4) is 5.75 Å². The van der Waals surface area contributed by atoms with E-state index >= 15 is 0 Å². The van der Waals surface area contributed by atoms with E-state index in [9.17, 15) is 4.79 Å². The van der Waals surface area contributed by atoms with E-state index in [0.717, 1.165) is 12.8 Å². The van der Waals surface area contributed by atoms with E-state index in [4.69, 9.17) is 27.2 Å². The van der Waals surface area contributed by atoms with Gasteiger partial charge in [-0.2, -0.15) is 0 Å². The first-order chi connectivity index (χ1) is 13.5. The van der Waals surface area contributed by atoms with Gasteiger partial charge in [0.2, 0.25) is 0 Å². The molecule has 5 heteroatoms. The van der Waals surface area contributed by atoms with Gasteiger partial charge in [0.1, 0.15) is 5.75 Å². The molecule has 0 bridgehead atoms. The Bertz CT molecular complexity index is 715. The summed E-state index contributed by atoms with van der Waals surface area (Å²) in [7, 11) is 0. The van der Waals surface area contributed by atoms with Crippen LogP contribution in [0.3, 0.4) is 0 Å². The second-order valence-electron chi connectivity index (χ2n) is 7.17. The van der Waals surface area contributed by atoms with Crippen LogP contribution in [-0.4, -0.2) is 23.7 Å². The molecule has 0 amide bonds. The molecule has 0 radical (unpaired) electrons. The Kier molecular flexibility index (Phi) is 9.87. The Morgan fingerprint density at radius 3 is 2.36 bits per heavy atom. The molecule has 4 nitrogen and oxygen atoms in total. The number of benzene rings is 2. The Morgan fingerprint density at radius 2 is 1.79 bits per heavy atom. The maximum absolute atomic E-state index is 10.6. The SMILES string of the molecule is NC1CCCCC1.O=C(O)Cc1ccc(OCCCc2ccccc2)c(Cl)c1. The maximum Gasteiger partial charge on any atom is 0.307 e. The largest absolute Gasteiger partial charge is 0.492 e. The summed E-state index contributed by atoms with van der Waals surface area (Å²) in [6.07, 6.45) is 8.48.